The lowest BCUT2D eigenvalue weighted by Gasteiger charge is -2.38. The van der Waals surface area contributed by atoms with Gasteiger partial charge in [-0.3, -0.25) is 4.79 Å². The van der Waals surface area contributed by atoms with Gasteiger partial charge in [0.2, 0.25) is 0 Å². The summed E-state index contributed by atoms with van der Waals surface area (Å²) in [5.41, 5.74) is 8.00. The summed E-state index contributed by atoms with van der Waals surface area (Å²) in [6, 6.07) is 8.22. The first kappa shape index (κ1) is 16.0. The molecule has 0 radical (unpaired) electrons. The molecule has 3 heteroatoms. The molecule has 1 aliphatic heterocycles. The number of hydrogen-bond donors (Lipinski definition) is 1. The molecule has 3 nitrogen and oxygen atoms in total. The summed E-state index contributed by atoms with van der Waals surface area (Å²) >= 11 is 0. The van der Waals surface area contributed by atoms with E-state index in [1.165, 1.54) is 5.56 Å². The fraction of sp³-hybridized carbons (Fsp3) is 0.611. The van der Waals surface area contributed by atoms with Gasteiger partial charge in [-0.2, -0.15) is 0 Å². The van der Waals surface area contributed by atoms with E-state index < -0.39 is 0 Å². The molecule has 0 aromatic heterocycles. The summed E-state index contributed by atoms with van der Waals surface area (Å²) in [4.78, 5) is 14.7. The molecular formula is C18H28N2O. The van der Waals surface area contributed by atoms with Crippen LogP contribution in [0, 0.1) is 5.92 Å². The molecule has 2 N–H and O–H groups in total. The van der Waals surface area contributed by atoms with Crippen molar-refractivity contribution in [1.29, 1.82) is 0 Å². The number of piperidine rings is 1. The molecule has 21 heavy (non-hydrogen) atoms. The van der Waals surface area contributed by atoms with E-state index >= 15 is 0 Å². The van der Waals surface area contributed by atoms with Crippen LogP contribution in [0.3, 0.4) is 0 Å². The maximum atomic E-state index is 12.7. The van der Waals surface area contributed by atoms with Crippen molar-refractivity contribution >= 4 is 5.91 Å². The predicted molar refractivity (Wildman–Crippen MR) is 87.4 cm³/mol. The molecule has 0 saturated carbocycles. The minimum absolute atomic E-state index is 0.113. The van der Waals surface area contributed by atoms with Crippen LogP contribution < -0.4 is 5.73 Å². The van der Waals surface area contributed by atoms with Gasteiger partial charge in [-0.25, -0.2) is 0 Å². The minimum Gasteiger partial charge on any atom is -0.334 e. The maximum absolute atomic E-state index is 12.7. The minimum atomic E-state index is 0.113. The summed E-state index contributed by atoms with van der Waals surface area (Å²) in [5.74, 6) is 0.781. The van der Waals surface area contributed by atoms with Gasteiger partial charge in [0, 0.05) is 24.7 Å². The Balaban J connectivity index is 2.16. The van der Waals surface area contributed by atoms with Crippen molar-refractivity contribution in [3.8, 4) is 0 Å². The first-order valence-corrected chi connectivity index (χ1v) is 7.94. The van der Waals surface area contributed by atoms with Crippen molar-refractivity contribution in [3.05, 3.63) is 35.4 Å². The molecule has 0 bridgehead atoms. The monoisotopic (exact) mass is 288 g/mol. The fourth-order valence-electron chi connectivity index (χ4n) is 3.02. The third-order valence-corrected chi connectivity index (χ3v) is 4.51. The second-order valence-electron chi connectivity index (χ2n) is 7.34. The van der Waals surface area contributed by atoms with Gasteiger partial charge in [-0.05, 0) is 41.9 Å². The molecule has 0 aliphatic carbocycles. The molecular weight excluding hydrogens is 260 g/mol. The zero-order chi connectivity index (χ0) is 15.6. The molecule has 1 fully saturated rings. The number of carbonyl (C=O) groups is 1. The Hall–Kier alpha value is -1.35. The average Bonchev–Trinajstić information content (AvgIpc) is 2.45. The van der Waals surface area contributed by atoms with E-state index in [1.54, 1.807) is 0 Å². The summed E-state index contributed by atoms with van der Waals surface area (Å²) < 4.78 is 0. The Labute approximate surface area is 128 Å². The van der Waals surface area contributed by atoms with Gasteiger partial charge in [-0.1, -0.05) is 39.8 Å². The van der Waals surface area contributed by atoms with E-state index in [1.807, 2.05) is 17.0 Å². The Kier molecular flexibility index (Phi) is 4.72. The van der Waals surface area contributed by atoms with E-state index in [4.69, 9.17) is 5.73 Å². The van der Waals surface area contributed by atoms with Crippen molar-refractivity contribution in [1.82, 2.24) is 4.90 Å². The molecule has 1 heterocycles. The van der Waals surface area contributed by atoms with Crippen LogP contribution in [-0.2, 0) is 5.41 Å². The second kappa shape index (κ2) is 6.18. The maximum Gasteiger partial charge on any atom is 0.254 e. The number of nitrogens with zero attached hydrogens (tertiary/aromatic N) is 1. The van der Waals surface area contributed by atoms with E-state index in [2.05, 4.69) is 39.8 Å². The van der Waals surface area contributed by atoms with Crippen LogP contribution in [-0.4, -0.2) is 29.9 Å². The van der Waals surface area contributed by atoms with Gasteiger partial charge < -0.3 is 10.6 Å². The number of rotatable bonds is 2. The number of hydrogen-bond acceptors (Lipinski definition) is 2. The zero-order valence-electron chi connectivity index (χ0n) is 13.7. The molecule has 1 saturated heterocycles. The smallest absolute Gasteiger partial charge is 0.254 e. The summed E-state index contributed by atoms with van der Waals surface area (Å²) in [6.45, 7) is 10.2. The van der Waals surface area contributed by atoms with E-state index in [0.717, 1.165) is 24.9 Å². The standard InChI is InChI=1S/C18H28N2O/c1-13-9-10-20(16(11-13)12-19)17(21)14-5-7-15(8-6-14)18(2,3)4/h5-8,13,16H,9-12,19H2,1-4H3. The number of nitrogens with two attached hydrogens (primary N) is 1. The lowest BCUT2D eigenvalue weighted by atomic mass is 9.86. The molecule has 1 aromatic rings. The van der Waals surface area contributed by atoms with Crippen LogP contribution in [0.4, 0.5) is 0 Å². The van der Waals surface area contributed by atoms with Crippen LogP contribution in [0.15, 0.2) is 24.3 Å². The quantitative estimate of drug-likeness (QED) is 0.908. The largest absolute Gasteiger partial charge is 0.334 e. The van der Waals surface area contributed by atoms with Gasteiger partial charge in [0.1, 0.15) is 0 Å². The van der Waals surface area contributed by atoms with Crippen LogP contribution in [0.5, 0.6) is 0 Å². The van der Waals surface area contributed by atoms with Gasteiger partial charge in [0.15, 0.2) is 0 Å². The summed E-state index contributed by atoms with van der Waals surface area (Å²) in [7, 11) is 0. The van der Waals surface area contributed by atoms with Crippen LogP contribution in [0.25, 0.3) is 0 Å². The van der Waals surface area contributed by atoms with E-state index in [-0.39, 0.29) is 17.4 Å². The second-order valence-corrected chi connectivity index (χ2v) is 7.34. The van der Waals surface area contributed by atoms with Gasteiger partial charge in [0.05, 0.1) is 0 Å². The summed E-state index contributed by atoms with van der Waals surface area (Å²) in [5, 5.41) is 0. The van der Waals surface area contributed by atoms with Crippen molar-refractivity contribution < 1.29 is 4.79 Å². The van der Waals surface area contributed by atoms with Gasteiger partial charge in [-0.15, -0.1) is 0 Å². The highest BCUT2D eigenvalue weighted by Crippen LogP contribution is 2.25. The van der Waals surface area contributed by atoms with E-state index in [0.29, 0.717) is 12.5 Å². The van der Waals surface area contributed by atoms with Crippen LogP contribution in [0.1, 0.15) is 56.5 Å². The fourth-order valence-corrected chi connectivity index (χ4v) is 3.02. The number of likely N-dealkylation sites (tertiary alicyclic amines) is 1. The first-order chi connectivity index (χ1) is 9.82. The summed E-state index contributed by atoms with van der Waals surface area (Å²) in [6.07, 6.45) is 2.09. The molecule has 2 atom stereocenters. The third kappa shape index (κ3) is 3.65. The number of carbonyl (C=O) groups excluding carboxylic acids is 1. The van der Waals surface area contributed by atoms with Gasteiger partial charge >= 0.3 is 0 Å². The van der Waals surface area contributed by atoms with Crippen LogP contribution >= 0.6 is 0 Å². The van der Waals surface area contributed by atoms with Crippen molar-refractivity contribution in [2.45, 2.75) is 52.0 Å². The third-order valence-electron chi connectivity index (χ3n) is 4.51. The Morgan fingerprint density at radius 1 is 1.29 bits per heavy atom. The molecule has 116 valence electrons. The molecule has 1 aromatic carbocycles. The molecule has 0 spiro atoms. The lowest BCUT2D eigenvalue weighted by Crippen LogP contribution is -2.49. The first-order valence-electron chi connectivity index (χ1n) is 7.94. The molecule has 2 unspecified atom stereocenters. The Morgan fingerprint density at radius 3 is 2.43 bits per heavy atom. The molecule has 1 amide bonds. The molecule has 2 rings (SSSR count). The average molecular weight is 288 g/mol. The van der Waals surface area contributed by atoms with Crippen molar-refractivity contribution in [2.24, 2.45) is 11.7 Å². The van der Waals surface area contributed by atoms with E-state index in [9.17, 15) is 4.79 Å². The zero-order valence-corrected chi connectivity index (χ0v) is 13.7. The predicted octanol–water partition coefficient (Wildman–Crippen LogP) is 3.18. The van der Waals surface area contributed by atoms with Crippen LogP contribution in [0.2, 0.25) is 0 Å². The van der Waals surface area contributed by atoms with Crippen molar-refractivity contribution in [2.75, 3.05) is 13.1 Å². The highest BCUT2D eigenvalue weighted by atomic mass is 16.2. The Morgan fingerprint density at radius 2 is 1.90 bits per heavy atom. The normalized spacial score (nSPS) is 23.2. The molecule has 1 aliphatic rings. The highest BCUT2D eigenvalue weighted by Gasteiger charge is 2.29. The SMILES string of the molecule is CC1CCN(C(=O)c2ccc(C(C)(C)C)cc2)C(CN)C1. The Bertz CT molecular complexity index is 487. The van der Waals surface area contributed by atoms with Crippen molar-refractivity contribution in [3.63, 3.8) is 0 Å². The number of benzene rings is 1. The number of amides is 1. The van der Waals surface area contributed by atoms with Gasteiger partial charge in [0.25, 0.3) is 5.91 Å². The highest BCUT2D eigenvalue weighted by molar-refractivity contribution is 5.94. The topological polar surface area (TPSA) is 46.3 Å². The lowest BCUT2D eigenvalue weighted by molar-refractivity contribution is 0.0573.